The molecule has 2 aromatic carbocycles. The maximum atomic E-state index is 14.7. The third kappa shape index (κ3) is 6.19. The van der Waals surface area contributed by atoms with E-state index in [9.17, 15) is 4.39 Å². The van der Waals surface area contributed by atoms with Crippen LogP contribution in [-0.2, 0) is 6.42 Å². The Bertz CT molecular complexity index is 764. The van der Waals surface area contributed by atoms with E-state index >= 15 is 0 Å². The third-order valence-electron chi connectivity index (χ3n) is 6.17. The first-order chi connectivity index (χ1) is 13.4. The summed E-state index contributed by atoms with van der Waals surface area (Å²) in [5, 5.41) is 17.2. The summed E-state index contributed by atoms with van der Waals surface area (Å²) in [6.45, 7) is 7.34. The van der Waals surface area contributed by atoms with Gasteiger partial charge >= 0.3 is 18.9 Å². The molecule has 2 N–H and O–H groups in total. The number of halogens is 1. The van der Waals surface area contributed by atoms with Gasteiger partial charge in [-0.3, -0.25) is 0 Å². The Morgan fingerprint density at radius 3 is 2.21 bits per heavy atom. The van der Waals surface area contributed by atoms with Crippen LogP contribution in [0.15, 0.2) is 48.5 Å². The molecule has 2 saturated carbocycles. The van der Waals surface area contributed by atoms with Crippen LogP contribution in [0.1, 0.15) is 44.6 Å². The van der Waals surface area contributed by atoms with E-state index in [1.165, 1.54) is 12.8 Å². The van der Waals surface area contributed by atoms with Crippen molar-refractivity contribution in [2.75, 3.05) is 0 Å². The zero-order chi connectivity index (χ0) is 20.2. The van der Waals surface area contributed by atoms with Crippen LogP contribution in [0.5, 0.6) is 0 Å². The van der Waals surface area contributed by atoms with Crippen molar-refractivity contribution in [3.63, 3.8) is 0 Å². The molecule has 0 radical (unpaired) electrons. The standard InChI is InChI=1S/C20H21F.C5H9O2.Li/c1-15(20(2)13-14-20)11-12-17-9-6-10-18(19(17)21)16-7-4-3-5-8-16;6-4-5(7)2-1-3-5;/h3-11,15H,2,12-14H2,1H3;4,6-7H,1-3H2;/q-2;-1;+1. The molecule has 0 heterocycles. The van der Waals surface area contributed by atoms with Gasteiger partial charge in [0.2, 0.25) is 0 Å². The summed E-state index contributed by atoms with van der Waals surface area (Å²) in [4.78, 5) is 0. The van der Waals surface area contributed by atoms with Gasteiger partial charge in [-0.05, 0) is 16.7 Å². The molecule has 0 aliphatic heterocycles. The summed E-state index contributed by atoms with van der Waals surface area (Å²) >= 11 is 0. The predicted molar refractivity (Wildman–Crippen MR) is 111 cm³/mol. The van der Waals surface area contributed by atoms with Gasteiger partial charge in [-0.25, -0.2) is 4.39 Å². The van der Waals surface area contributed by atoms with Gasteiger partial charge in [-0.15, -0.1) is 0 Å². The first kappa shape index (κ1) is 24.2. The number of hydrogen-bond acceptors (Lipinski definition) is 2. The molecular weight excluding hydrogens is 358 g/mol. The minimum atomic E-state index is -0.806. The second-order valence-corrected chi connectivity index (χ2v) is 8.32. The molecule has 2 aliphatic carbocycles. The zero-order valence-corrected chi connectivity index (χ0v) is 17.6. The van der Waals surface area contributed by atoms with Crippen LogP contribution in [-0.4, -0.2) is 15.8 Å². The van der Waals surface area contributed by atoms with E-state index in [4.69, 9.17) is 10.2 Å². The van der Waals surface area contributed by atoms with Gasteiger partial charge < -0.3 is 23.6 Å². The Balaban J connectivity index is 0.000000319. The zero-order valence-electron chi connectivity index (χ0n) is 17.6. The minimum Gasteiger partial charge on any atom is -0.563 e. The second kappa shape index (κ2) is 10.3. The summed E-state index contributed by atoms with van der Waals surface area (Å²) in [5.41, 5.74) is 1.80. The molecule has 152 valence electrons. The Morgan fingerprint density at radius 2 is 1.72 bits per heavy atom. The molecular formula is C25H30FLiO2-2. The maximum Gasteiger partial charge on any atom is 1.00 e. The molecule has 0 bridgehead atoms. The van der Waals surface area contributed by atoms with E-state index in [1.807, 2.05) is 48.5 Å². The van der Waals surface area contributed by atoms with Crippen molar-refractivity contribution in [2.24, 2.45) is 11.3 Å². The molecule has 2 nitrogen and oxygen atoms in total. The van der Waals surface area contributed by atoms with Crippen molar-refractivity contribution in [3.05, 3.63) is 79.9 Å². The Labute approximate surface area is 186 Å². The normalized spacial score (nSPS) is 19.1. The maximum absolute atomic E-state index is 14.7. The van der Waals surface area contributed by atoms with E-state index in [2.05, 4.69) is 20.3 Å². The average Bonchev–Trinajstić information content (AvgIpc) is 3.45. The van der Waals surface area contributed by atoms with Gasteiger partial charge in [0.1, 0.15) is 5.82 Å². The van der Waals surface area contributed by atoms with Crippen molar-refractivity contribution in [1.29, 1.82) is 0 Å². The number of benzene rings is 2. The number of aliphatic hydroxyl groups is 2. The van der Waals surface area contributed by atoms with Gasteiger partial charge in [-0.2, -0.15) is 24.4 Å². The van der Waals surface area contributed by atoms with Gasteiger partial charge in [0.15, 0.2) is 0 Å². The summed E-state index contributed by atoms with van der Waals surface area (Å²) < 4.78 is 14.7. The topological polar surface area (TPSA) is 40.5 Å². The van der Waals surface area contributed by atoms with Crippen LogP contribution in [0, 0.1) is 37.1 Å². The second-order valence-electron chi connectivity index (χ2n) is 8.32. The fourth-order valence-electron chi connectivity index (χ4n) is 3.42. The Morgan fingerprint density at radius 1 is 1.07 bits per heavy atom. The van der Waals surface area contributed by atoms with E-state index in [-0.39, 0.29) is 30.1 Å². The number of hydrogen-bond donors (Lipinski definition) is 2. The van der Waals surface area contributed by atoms with Gasteiger partial charge in [0, 0.05) is 5.56 Å². The molecule has 0 saturated heterocycles. The molecule has 4 heteroatoms. The molecule has 1 atom stereocenters. The molecule has 0 aromatic heterocycles. The summed E-state index contributed by atoms with van der Waals surface area (Å²) in [5.74, 6) is 0.346. The van der Waals surface area contributed by atoms with Crippen LogP contribution in [0.25, 0.3) is 11.1 Å². The first-order valence-electron chi connectivity index (χ1n) is 10.1. The fourth-order valence-corrected chi connectivity index (χ4v) is 3.42. The van der Waals surface area contributed by atoms with E-state index in [0.29, 0.717) is 17.9 Å². The SMILES string of the molecule is O[CH-]C1(O)CCC1.[CH2-]C1(C(C)[CH-]Cc2cccc(-c3ccccc3)c2F)CC1.[Li+]. The van der Waals surface area contributed by atoms with Gasteiger partial charge in [-0.1, -0.05) is 87.6 Å². The molecule has 2 fully saturated rings. The van der Waals surface area contributed by atoms with Gasteiger partial charge in [0.25, 0.3) is 0 Å². The van der Waals surface area contributed by atoms with Crippen molar-refractivity contribution < 1.29 is 33.5 Å². The summed E-state index contributed by atoms with van der Waals surface area (Å²) in [6, 6.07) is 15.4. The molecule has 29 heavy (non-hydrogen) atoms. The van der Waals surface area contributed by atoms with Gasteiger partial charge in [0.05, 0.1) is 0 Å². The summed E-state index contributed by atoms with van der Waals surface area (Å²) in [7, 11) is 0. The fraction of sp³-hybridized carbons (Fsp3) is 0.400. The predicted octanol–water partition coefficient (Wildman–Crippen LogP) is 2.93. The van der Waals surface area contributed by atoms with Crippen molar-refractivity contribution in [1.82, 2.24) is 0 Å². The Hall–Kier alpha value is -1.11. The monoisotopic (exact) mass is 388 g/mol. The molecule has 4 rings (SSSR count). The quantitative estimate of drug-likeness (QED) is 0.590. The average molecular weight is 388 g/mol. The van der Waals surface area contributed by atoms with Crippen LogP contribution >= 0.6 is 0 Å². The number of rotatable bonds is 6. The molecule has 2 aromatic rings. The minimum absolute atomic E-state index is 0. The molecule has 0 spiro atoms. The smallest absolute Gasteiger partial charge is 0.563 e. The van der Waals surface area contributed by atoms with E-state index in [0.717, 1.165) is 37.0 Å². The largest absolute Gasteiger partial charge is 1.00 e. The van der Waals surface area contributed by atoms with Crippen LogP contribution < -0.4 is 18.9 Å². The van der Waals surface area contributed by atoms with Crippen molar-refractivity contribution >= 4 is 0 Å². The molecule has 2 aliphatic rings. The Kier molecular flexibility index (Phi) is 8.56. The summed E-state index contributed by atoms with van der Waals surface area (Å²) in [6.07, 6.45) is 7.76. The van der Waals surface area contributed by atoms with Crippen LogP contribution in [0.3, 0.4) is 0 Å². The van der Waals surface area contributed by atoms with Crippen molar-refractivity contribution in [2.45, 2.75) is 51.0 Å². The molecule has 1 unspecified atom stereocenters. The molecule has 0 amide bonds. The number of aliphatic hydroxyl groups excluding tert-OH is 1. The van der Waals surface area contributed by atoms with Crippen LogP contribution in [0.2, 0.25) is 0 Å². The van der Waals surface area contributed by atoms with Crippen LogP contribution in [0.4, 0.5) is 4.39 Å². The van der Waals surface area contributed by atoms with E-state index in [1.54, 1.807) is 0 Å². The van der Waals surface area contributed by atoms with E-state index < -0.39 is 5.60 Å². The van der Waals surface area contributed by atoms with Crippen molar-refractivity contribution in [3.8, 4) is 11.1 Å². The first-order valence-corrected chi connectivity index (χ1v) is 10.1. The third-order valence-corrected chi connectivity index (χ3v) is 6.17.